The second-order valence-electron chi connectivity index (χ2n) is 8.02. The van der Waals surface area contributed by atoms with E-state index in [2.05, 4.69) is 22.4 Å². The molecule has 1 aliphatic carbocycles. The number of thioether (sulfide) groups is 1. The summed E-state index contributed by atoms with van der Waals surface area (Å²) in [5.74, 6) is 1.44. The van der Waals surface area contributed by atoms with E-state index in [4.69, 9.17) is 0 Å². The number of carbonyl (C=O) groups excluding carboxylic acids is 2. The Balaban J connectivity index is 1.65. The highest BCUT2D eigenvalue weighted by atomic mass is 32.2. The van der Waals surface area contributed by atoms with Gasteiger partial charge in [0.1, 0.15) is 0 Å². The summed E-state index contributed by atoms with van der Waals surface area (Å²) in [6.07, 6.45) is 15.7. The highest BCUT2D eigenvalue weighted by molar-refractivity contribution is 8.13. The van der Waals surface area contributed by atoms with Gasteiger partial charge in [-0.1, -0.05) is 50.3 Å². The molecular weight excluding hydrogens is 382 g/mol. The Hall–Kier alpha value is -1.56. The number of urea groups is 1. The number of nitrogens with zero attached hydrogens (tertiary/aromatic N) is 2. The summed E-state index contributed by atoms with van der Waals surface area (Å²) in [6.45, 7) is 3.75. The van der Waals surface area contributed by atoms with Crippen LogP contribution in [0.25, 0.3) is 0 Å². The predicted molar refractivity (Wildman–Crippen MR) is 121 cm³/mol. The van der Waals surface area contributed by atoms with Crippen molar-refractivity contribution in [2.24, 2.45) is 5.92 Å². The number of hydrogen-bond donors (Lipinski definition) is 1. The van der Waals surface area contributed by atoms with Gasteiger partial charge in [-0.15, -0.1) is 0 Å². The molecule has 0 aromatic carbocycles. The number of pyridine rings is 1. The molecule has 2 rings (SSSR count). The summed E-state index contributed by atoms with van der Waals surface area (Å²) < 4.78 is 0. The molecule has 1 aromatic heterocycles. The predicted octanol–water partition coefficient (Wildman–Crippen LogP) is 5.06. The van der Waals surface area contributed by atoms with Crippen molar-refractivity contribution >= 4 is 22.9 Å². The Labute approximate surface area is 180 Å². The van der Waals surface area contributed by atoms with E-state index in [0.29, 0.717) is 12.3 Å². The first-order chi connectivity index (χ1) is 14.1. The summed E-state index contributed by atoms with van der Waals surface area (Å²) >= 11 is 1.31. The van der Waals surface area contributed by atoms with E-state index in [1.807, 2.05) is 17.3 Å². The van der Waals surface area contributed by atoms with Crippen LogP contribution in [0, 0.1) is 5.92 Å². The van der Waals surface area contributed by atoms with E-state index in [1.165, 1.54) is 49.4 Å². The molecule has 2 amide bonds. The smallest absolute Gasteiger partial charge is 0.317 e. The Morgan fingerprint density at radius 1 is 1.10 bits per heavy atom. The van der Waals surface area contributed by atoms with Crippen LogP contribution in [0.2, 0.25) is 0 Å². The van der Waals surface area contributed by atoms with Gasteiger partial charge in [-0.25, -0.2) is 4.79 Å². The second kappa shape index (κ2) is 14.4. The maximum Gasteiger partial charge on any atom is 0.317 e. The molecule has 0 atom stereocenters. The van der Waals surface area contributed by atoms with Gasteiger partial charge in [-0.05, 0) is 49.3 Å². The van der Waals surface area contributed by atoms with Crippen LogP contribution in [0.3, 0.4) is 0 Å². The van der Waals surface area contributed by atoms with Crippen LogP contribution in [0.4, 0.5) is 4.79 Å². The standard InChI is InChI=1S/C23H37N3O2S/c1-20(27)29-19-18-26(17-13-21-8-4-2-5-9-21)23(28)25-14-7-3-6-10-22-11-15-24-16-12-22/h11-12,15-16,21H,2-10,13-14,17-19H2,1H3,(H,25,28). The molecule has 1 aromatic rings. The van der Waals surface area contributed by atoms with Crippen molar-refractivity contribution in [1.82, 2.24) is 15.2 Å². The zero-order valence-electron chi connectivity index (χ0n) is 17.9. The van der Waals surface area contributed by atoms with Gasteiger partial charge in [0.25, 0.3) is 0 Å². The van der Waals surface area contributed by atoms with Gasteiger partial charge in [-0.3, -0.25) is 9.78 Å². The van der Waals surface area contributed by atoms with Crippen LogP contribution >= 0.6 is 11.8 Å². The van der Waals surface area contributed by atoms with Crippen molar-refractivity contribution in [3.05, 3.63) is 30.1 Å². The van der Waals surface area contributed by atoms with Crippen LogP contribution in [0.5, 0.6) is 0 Å². The molecule has 0 bridgehead atoms. The SMILES string of the molecule is CC(=O)SCCN(CCC1CCCCC1)C(=O)NCCCCCc1ccncc1. The Kier molecular flexibility index (Phi) is 11.8. The zero-order valence-corrected chi connectivity index (χ0v) is 18.7. The molecule has 0 spiro atoms. The fourth-order valence-electron chi connectivity index (χ4n) is 3.92. The van der Waals surface area contributed by atoms with Crippen LogP contribution in [-0.4, -0.2) is 46.4 Å². The van der Waals surface area contributed by atoms with E-state index < -0.39 is 0 Å². The average Bonchev–Trinajstić information content (AvgIpc) is 2.74. The van der Waals surface area contributed by atoms with E-state index in [9.17, 15) is 9.59 Å². The minimum atomic E-state index is 0.0269. The molecule has 0 aliphatic heterocycles. The molecule has 0 unspecified atom stereocenters. The fourth-order valence-corrected chi connectivity index (χ4v) is 4.52. The van der Waals surface area contributed by atoms with Gasteiger partial charge in [0, 0.05) is 44.7 Å². The second-order valence-corrected chi connectivity index (χ2v) is 9.29. The Morgan fingerprint density at radius 3 is 2.59 bits per heavy atom. The molecule has 0 radical (unpaired) electrons. The van der Waals surface area contributed by atoms with Crippen LogP contribution in [0.15, 0.2) is 24.5 Å². The zero-order chi connectivity index (χ0) is 20.7. The van der Waals surface area contributed by atoms with Crippen molar-refractivity contribution in [3.8, 4) is 0 Å². The third-order valence-electron chi connectivity index (χ3n) is 5.65. The molecule has 1 N–H and O–H groups in total. The molecule has 6 heteroatoms. The number of carbonyl (C=O) groups is 2. The van der Waals surface area contributed by atoms with E-state index in [-0.39, 0.29) is 11.1 Å². The van der Waals surface area contributed by atoms with Gasteiger partial charge in [-0.2, -0.15) is 0 Å². The van der Waals surface area contributed by atoms with E-state index >= 15 is 0 Å². The first kappa shape index (κ1) is 23.7. The maximum atomic E-state index is 12.7. The number of nitrogens with one attached hydrogen (secondary N) is 1. The van der Waals surface area contributed by atoms with Crippen LogP contribution in [0.1, 0.15) is 70.3 Å². The first-order valence-electron chi connectivity index (χ1n) is 11.2. The molecular formula is C23H37N3O2S. The monoisotopic (exact) mass is 419 g/mol. The molecule has 1 saturated carbocycles. The molecule has 0 saturated heterocycles. The van der Waals surface area contributed by atoms with Crippen molar-refractivity contribution in [2.75, 3.05) is 25.4 Å². The Morgan fingerprint density at radius 2 is 1.86 bits per heavy atom. The minimum absolute atomic E-state index is 0.0269. The maximum absolute atomic E-state index is 12.7. The number of amides is 2. The van der Waals surface area contributed by atoms with E-state index in [1.54, 1.807) is 6.92 Å². The molecule has 1 fully saturated rings. The number of rotatable bonds is 12. The molecule has 29 heavy (non-hydrogen) atoms. The summed E-state index contributed by atoms with van der Waals surface area (Å²) in [5, 5.41) is 3.21. The lowest BCUT2D eigenvalue weighted by Gasteiger charge is -2.27. The highest BCUT2D eigenvalue weighted by Gasteiger charge is 2.18. The first-order valence-corrected chi connectivity index (χ1v) is 12.2. The van der Waals surface area contributed by atoms with Gasteiger partial charge >= 0.3 is 6.03 Å². The average molecular weight is 420 g/mol. The number of aromatic nitrogens is 1. The number of hydrogen-bond acceptors (Lipinski definition) is 4. The largest absolute Gasteiger partial charge is 0.338 e. The van der Waals surface area contributed by atoms with E-state index in [0.717, 1.165) is 51.1 Å². The Bertz CT molecular complexity index is 591. The van der Waals surface area contributed by atoms with Crippen molar-refractivity contribution in [1.29, 1.82) is 0 Å². The summed E-state index contributed by atoms with van der Waals surface area (Å²) in [7, 11) is 0. The van der Waals surface area contributed by atoms with Gasteiger partial charge in [0.15, 0.2) is 5.12 Å². The fraction of sp³-hybridized carbons (Fsp3) is 0.696. The van der Waals surface area contributed by atoms with Crippen LogP contribution in [-0.2, 0) is 11.2 Å². The lowest BCUT2D eigenvalue weighted by molar-refractivity contribution is -0.109. The lowest BCUT2D eigenvalue weighted by Crippen LogP contribution is -2.42. The topological polar surface area (TPSA) is 62.3 Å². The van der Waals surface area contributed by atoms with Crippen LogP contribution < -0.4 is 5.32 Å². The highest BCUT2D eigenvalue weighted by Crippen LogP contribution is 2.26. The number of unbranched alkanes of at least 4 members (excludes halogenated alkanes) is 2. The molecule has 162 valence electrons. The van der Waals surface area contributed by atoms with Crippen molar-refractivity contribution < 1.29 is 9.59 Å². The summed E-state index contributed by atoms with van der Waals surface area (Å²) in [6, 6.07) is 4.15. The van der Waals surface area contributed by atoms with Gasteiger partial charge in [0.05, 0.1) is 0 Å². The third kappa shape index (κ3) is 10.7. The molecule has 5 nitrogen and oxygen atoms in total. The quantitative estimate of drug-likeness (QED) is 0.481. The van der Waals surface area contributed by atoms with Gasteiger partial charge < -0.3 is 10.2 Å². The molecule has 1 aliphatic rings. The minimum Gasteiger partial charge on any atom is -0.338 e. The molecule has 1 heterocycles. The summed E-state index contributed by atoms with van der Waals surface area (Å²) in [5.41, 5.74) is 1.32. The normalized spacial score (nSPS) is 14.5. The van der Waals surface area contributed by atoms with Gasteiger partial charge in [0.2, 0.25) is 0 Å². The number of aryl methyl sites for hydroxylation is 1. The third-order valence-corrected chi connectivity index (χ3v) is 6.45. The summed E-state index contributed by atoms with van der Waals surface area (Å²) in [4.78, 5) is 29.8. The van der Waals surface area contributed by atoms with Crippen molar-refractivity contribution in [2.45, 2.75) is 71.1 Å². The lowest BCUT2D eigenvalue weighted by atomic mass is 9.87. The van der Waals surface area contributed by atoms with Crippen molar-refractivity contribution in [3.63, 3.8) is 0 Å².